The summed E-state index contributed by atoms with van der Waals surface area (Å²) in [6.07, 6.45) is 3.28. The third kappa shape index (κ3) is 2.76. The highest BCUT2D eigenvalue weighted by atomic mass is 16.7. The number of carbonyl (C=O) groups excluding carboxylic acids is 1. The van der Waals surface area contributed by atoms with Gasteiger partial charge in [0.15, 0.2) is 11.5 Å². The van der Waals surface area contributed by atoms with Crippen molar-refractivity contribution >= 4 is 5.91 Å². The van der Waals surface area contributed by atoms with Crippen LogP contribution >= 0.6 is 0 Å². The molecule has 0 aliphatic carbocycles. The molecule has 0 fully saturated rings. The molecule has 0 radical (unpaired) electrons. The molecule has 3 aromatic rings. The van der Waals surface area contributed by atoms with Crippen LogP contribution in [0.4, 0.5) is 0 Å². The number of carbonyl (C=O) groups is 1. The van der Waals surface area contributed by atoms with E-state index in [4.69, 9.17) is 13.9 Å². The van der Waals surface area contributed by atoms with Crippen molar-refractivity contribution in [3.63, 3.8) is 0 Å². The number of ether oxygens (including phenoxy) is 2. The molecule has 1 aromatic carbocycles. The summed E-state index contributed by atoms with van der Waals surface area (Å²) in [7, 11) is 0. The Morgan fingerprint density at radius 2 is 1.92 bits per heavy atom. The second kappa shape index (κ2) is 5.99. The van der Waals surface area contributed by atoms with E-state index in [0.717, 1.165) is 5.56 Å². The van der Waals surface area contributed by atoms with Gasteiger partial charge in [0.1, 0.15) is 0 Å². The van der Waals surface area contributed by atoms with Crippen LogP contribution in [0.5, 0.6) is 11.5 Å². The Morgan fingerprint density at radius 1 is 1.08 bits per heavy atom. The Labute approximate surface area is 136 Å². The van der Waals surface area contributed by atoms with Crippen molar-refractivity contribution in [1.29, 1.82) is 0 Å². The van der Waals surface area contributed by atoms with Gasteiger partial charge in [-0.2, -0.15) is 0 Å². The van der Waals surface area contributed by atoms with Crippen LogP contribution in [0, 0.1) is 0 Å². The van der Waals surface area contributed by atoms with Crippen LogP contribution in [0.2, 0.25) is 0 Å². The molecule has 0 saturated heterocycles. The molecule has 3 heterocycles. The van der Waals surface area contributed by atoms with Gasteiger partial charge in [-0.3, -0.25) is 9.78 Å². The van der Waals surface area contributed by atoms with Crippen LogP contribution in [0.25, 0.3) is 11.5 Å². The monoisotopic (exact) mass is 324 g/mol. The molecule has 8 nitrogen and oxygen atoms in total. The highest BCUT2D eigenvalue weighted by Crippen LogP contribution is 2.32. The van der Waals surface area contributed by atoms with Crippen molar-refractivity contribution in [2.45, 2.75) is 6.54 Å². The number of rotatable bonds is 4. The van der Waals surface area contributed by atoms with Gasteiger partial charge in [0.25, 0.3) is 5.91 Å². The second-order valence-electron chi connectivity index (χ2n) is 4.99. The van der Waals surface area contributed by atoms with E-state index in [0.29, 0.717) is 28.8 Å². The molecule has 0 unspecified atom stereocenters. The smallest absolute Gasteiger partial charge is 0.251 e. The summed E-state index contributed by atoms with van der Waals surface area (Å²) >= 11 is 0. The minimum atomic E-state index is -0.267. The van der Waals surface area contributed by atoms with Gasteiger partial charge < -0.3 is 19.2 Å². The number of pyridine rings is 1. The molecule has 0 atom stereocenters. The van der Waals surface area contributed by atoms with Crippen LogP contribution in [-0.4, -0.2) is 27.9 Å². The minimum Gasteiger partial charge on any atom is -0.454 e. The van der Waals surface area contributed by atoms with Crippen LogP contribution in [-0.2, 0) is 6.54 Å². The molecule has 4 rings (SSSR count). The van der Waals surface area contributed by atoms with Crippen molar-refractivity contribution in [2.75, 3.05) is 6.79 Å². The second-order valence-corrected chi connectivity index (χ2v) is 4.99. The van der Waals surface area contributed by atoms with Crippen LogP contribution in [0.3, 0.4) is 0 Å². The van der Waals surface area contributed by atoms with Crippen molar-refractivity contribution in [3.8, 4) is 23.0 Å². The van der Waals surface area contributed by atoms with E-state index in [2.05, 4.69) is 20.5 Å². The average Bonchev–Trinajstić information content (AvgIpc) is 3.29. The summed E-state index contributed by atoms with van der Waals surface area (Å²) < 4.78 is 16.0. The Hall–Kier alpha value is -3.42. The maximum absolute atomic E-state index is 12.2. The first-order chi connectivity index (χ1) is 11.8. The fourth-order valence-electron chi connectivity index (χ4n) is 2.23. The number of nitrogens with one attached hydrogen (secondary N) is 1. The molecular formula is C16H12N4O4. The summed E-state index contributed by atoms with van der Waals surface area (Å²) in [5, 5.41) is 10.6. The normalized spacial score (nSPS) is 12.2. The van der Waals surface area contributed by atoms with E-state index >= 15 is 0 Å². The molecular weight excluding hydrogens is 312 g/mol. The standard InChI is InChI=1S/C16H12N4O4/c21-15(11-1-2-12-13(7-11)23-9-22-12)18-8-14-19-20-16(24-14)10-3-5-17-6-4-10/h1-7H,8-9H2,(H,18,21). The first-order valence-corrected chi connectivity index (χ1v) is 7.20. The van der Waals surface area contributed by atoms with Crippen molar-refractivity contribution in [2.24, 2.45) is 0 Å². The van der Waals surface area contributed by atoms with Gasteiger partial charge in [0.2, 0.25) is 18.6 Å². The molecule has 1 N–H and O–H groups in total. The fraction of sp³-hybridized carbons (Fsp3) is 0.125. The maximum Gasteiger partial charge on any atom is 0.251 e. The summed E-state index contributed by atoms with van der Waals surface area (Å²) in [4.78, 5) is 16.1. The molecule has 8 heteroatoms. The topological polar surface area (TPSA) is 99.4 Å². The number of nitrogens with zero attached hydrogens (tertiary/aromatic N) is 3. The molecule has 0 bridgehead atoms. The predicted octanol–water partition coefficient (Wildman–Crippen LogP) is 1.79. The number of amides is 1. The van der Waals surface area contributed by atoms with E-state index in [-0.39, 0.29) is 19.2 Å². The molecule has 1 aliphatic rings. The SMILES string of the molecule is O=C(NCc1nnc(-c2ccncc2)o1)c1ccc2c(c1)OCO2. The molecule has 120 valence electrons. The van der Waals surface area contributed by atoms with Gasteiger partial charge in [-0.25, -0.2) is 0 Å². The first-order valence-electron chi connectivity index (χ1n) is 7.20. The Balaban J connectivity index is 1.42. The lowest BCUT2D eigenvalue weighted by molar-refractivity contribution is 0.0947. The summed E-state index contributed by atoms with van der Waals surface area (Å²) in [5.74, 6) is 1.61. The van der Waals surface area contributed by atoms with Gasteiger partial charge in [-0.05, 0) is 30.3 Å². The van der Waals surface area contributed by atoms with E-state index < -0.39 is 0 Å². The van der Waals surface area contributed by atoms with Crippen LogP contribution in [0.1, 0.15) is 16.2 Å². The maximum atomic E-state index is 12.2. The van der Waals surface area contributed by atoms with Gasteiger partial charge >= 0.3 is 0 Å². The van der Waals surface area contributed by atoms with Crippen LogP contribution in [0.15, 0.2) is 47.1 Å². The molecule has 0 spiro atoms. The summed E-state index contributed by atoms with van der Waals surface area (Å²) in [5.41, 5.74) is 1.24. The zero-order valence-corrected chi connectivity index (χ0v) is 12.4. The molecule has 24 heavy (non-hydrogen) atoms. The summed E-state index contributed by atoms with van der Waals surface area (Å²) in [6.45, 7) is 0.297. The quantitative estimate of drug-likeness (QED) is 0.781. The number of benzene rings is 1. The number of fused-ring (bicyclic) bond motifs is 1. The molecule has 2 aromatic heterocycles. The molecule has 1 amide bonds. The third-order valence-electron chi connectivity index (χ3n) is 3.43. The van der Waals surface area contributed by atoms with Gasteiger partial charge in [-0.1, -0.05) is 0 Å². The summed E-state index contributed by atoms with van der Waals surface area (Å²) in [6, 6.07) is 8.53. The fourth-order valence-corrected chi connectivity index (χ4v) is 2.23. The highest BCUT2D eigenvalue weighted by molar-refractivity contribution is 5.94. The Kier molecular flexibility index (Phi) is 3.54. The van der Waals surface area contributed by atoms with E-state index in [9.17, 15) is 4.79 Å². The molecule has 1 aliphatic heterocycles. The van der Waals surface area contributed by atoms with Gasteiger partial charge in [0, 0.05) is 23.5 Å². The van der Waals surface area contributed by atoms with Crippen molar-refractivity contribution in [1.82, 2.24) is 20.5 Å². The largest absolute Gasteiger partial charge is 0.454 e. The van der Waals surface area contributed by atoms with E-state index in [1.54, 1.807) is 42.7 Å². The van der Waals surface area contributed by atoms with Crippen LogP contribution < -0.4 is 14.8 Å². The minimum absolute atomic E-state index is 0.130. The number of hydrogen-bond acceptors (Lipinski definition) is 7. The lowest BCUT2D eigenvalue weighted by Crippen LogP contribution is -2.22. The van der Waals surface area contributed by atoms with E-state index in [1.807, 2.05) is 0 Å². The Morgan fingerprint density at radius 3 is 2.79 bits per heavy atom. The average molecular weight is 324 g/mol. The third-order valence-corrected chi connectivity index (χ3v) is 3.43. The Bertz CT molecular complexity index is 879. The van der Waals surface area contributed by atoms with Gasteiger partial charge in [0.05, 0.1) is 6.54 Å². The number of hydrogen-bond donors (Lipinski definition) is 1. The number of aromatic nitrogens is 3. The molecule has 0 saturated carbocycles. The zero-order chi connectivity index (χ0) is 16.4. The zero-order valence-electron chi connectivity index (χ0n) is 12.4. The van der Waals surface area contributed by atoms with Crippen molar-refractivity contribution < 1.29 is 18.7 Å². The lowest BCUT2D eigenvalue weighted by atomic mass is 10.2. The first kappa shape index (κ1) is 14.2. The van der Waals surface area contributed by atoms with Crippen molar-refractivity contribution in [3.05, 3.63) is 54.2 Å². The van der Waals surface area contributed by atoms with Gasteiger partial charge in [-0.15, -0.1) is 10.2 Å². The lowest BCUT2D eigenvalue weighted by Gasteiger charge is -2.03. The predicted molar refractivity (Wildman–Crippen MR) is 81.3 cm³/mol. The van der Waals surface area contributed by atoms with E-state index in [1.165, 1.54) is 0 Å². The highest BCUT2D eigenvalue weighted by Gasteiger charge is 2.16.